The minimum absolute atomic E-state index is 0.144. The summed E-state index contributed by atoms with van der Waals surface area (Å²) in [7, 11) is 0. The molecule has 3 rings (SSSR count). The van der Waals surface area contributed by atoms with Gasteiger partial charge in [-0.05, 0) is 31.5 Å². The predicted molar refractivity (Wildman–Crippen MR) is 96.8 cm³/mol. The zero-order valence-electron chi connectivity index (χ0n) is 15.3. The molecule has 3 aromatic heterocycles. The Bertz CT molecular complexity index is 997. The van der Waals surface area contributed by atoms with E-state index in [1.165, 1.54) is 10.7 Å². The molecule has 10 heteroatoms. The second-order valence-corrected chi connectivity index (χ2v) is 6.38. The van der Waals surface area contributed by atoms with Gasteiger partial charge >= 0.3 is 6.18 Å². The highest BCUT2D eigenvalue weighted by Gasteiger charge is 2.34. The van der Waals surface area contributed by atoms with Gasteiger partial charge in [-0.25, -0.2) is 4.98 Å². The van der Waals surface area contributed by atoms with Crippen LogP contribution in [0.1, 0.15) is 35.6 Å². The topological polar surface area (TPSA) is 88.5 Å². The van der Waals surface area contributed by atoms with Crippen molar-refractivity contribution in [2.24, 2.45) is 0 Å². The Hall–Kier alpha value is -3.17. The minimum Gasteiger partial charge on any atom is -0.349 e. The molecule has 7 nitrogen and oxygen atoms in total. The largest absolute Gasteiger partial charge is 0.435 e. The Balaban J connectivity index is 1.72. The fourth-order valence-electron chi connectivity index (χ4n) is 2.72. The number of halogens is 3. The van der Waals surface area contributed by atoms with Gasteiger partial charge in [0.25, 0.3) is 5.56 Å². The molecule has 1 atom stereocenters. The quantitative estimate of drug-likeness (QED) is 0.673. The Morgan fingerprint density at radius 2 is 2.11 bits per heavy atom. The third kappa shape index (κ3) is 4.76. The van der Waals surface area contributed by atoms with Crippen molar-refractivity contribution in [3.8, 4) is 0 Å². The number of anilines is 1. The van der Waals surface area contributed by atoms with Crippen LogP contribution in [0.4, 0.5) is 19.1 Å². The third-order valence-electron chi connectivity index (χ3n) is 4.18. The van der Waals surface area contributed by atoms with E-state index in [9.17, 15) is 18.0 Å². The molecule has 3 heterocycles. The first-order valence-corrected chi connectivity index (χ1v) is 8.61. The Labute approximate surface area is 158 Å². The lowest BCUT2D eigenvalue weighted by atomic mass is 10.1. The summed E-state index contributed by atoms with van der Waals surface area (Å²) < 4.78 is 39.6. The van der Waals surface area contributed by atoms with Gasteiger partial charge < -0.3 is 5.32 Å². The first-order chi connectivity index (χ1) is 13.2. The van der Waals surface area contributed by atoms with Gasteiger partial charge in [0, 0.05) is 37.1 Å². The van der Waals surface area contributed by atoms with Gasteiger partial charge in [-0.3, -0.25) is 19.4 Å². The third-order valence-corrected chi connectivity index (χ3v) is 4.18. The average Bonchev–Trinajstić information content (AvgIpc) is 3.01. The number of aromatic nitrogens is 5. The van der Waals surface area contributed by atoms with Crippen LogP contribution in [0, 0.1) is 6.92 Å². The van der Waals surface area contributed by atoms with Crippen molar-refractivity contribution in [1.29, 1.82) is 0 Å². The van der Waals surface area contributed by atoms with E-state index in [-0.39, 0.29) is 30.5 Å². The zero-order valence-corrected chi connectivity index (χ0v) is 15.3. The lowest BCUT2D eigenvalue weighted by Gasteiger charge is -2.14. The Morgan fingerprint density at radius 3 is 2.75 bits per heavy atom. The van der Waals surface area contributed by atoms with Gasteiger partial charge in [0.05, 0.1) is 11.7 Å². The number of hydrogen-bond donors (Lipinski definition) is 2. The Kier molecular flexibility index (Phi) is 5.48. The molecule has 3 aromatic rings. The molecule has 1 unspecified atom stereocenters. The van der Waals surface area contributed by atoms with Crippen molar-refractivity contribution in [3.05, 3.63) is 69.7 Å². The van der Waals surface area contributed by atoms with Crippen LogP contribution in [0.15, 0.2) is 41.5 Å². The SMILES string of the molecule is Cc1cc(C(F)(F)F)nn1CCc1cc(=O)[nH]c(NC(C)c2cccnc2)n1. The van der Waals surface area contributed by atoms with Crippen LogP contribution in [0.2, 0.25) is 0 Å². The van der Waals surface area contributed by atoms with Crippen LogP contribution >= 0.6 is 0 Å². The minimum atomic E-state index is -4.49. The monoisotopic (exact) mass is 392 g/mol. The Morgan fingerprint density at radius 1 is 1.32 bits per heavy atom. The second kappa shape index (κ2) is 7.83. The molecule has 148 valence electrons. The second-order valence-electron chi connectivity index (χ2n) is 6.38. The average molecular weight is 392 g/mol. The molecule has 0 saturated carbocycles. The number of nitrogens with zero attached hydrogens (tertiary/aromatic N) is 4. The number of pyridine rings is 1. The highest BCUT2D eigenvalue weighted by molar-refractivity contribution is 5.31. The number of aromatic amines is 1. The summed E-state index contributed by atoms with van der Waals surface area (Å²) >= 11 is 0. The molecule has 0 aliphatic heterocycles. The molecule has 0 amide bonds. The van der Waals surface area contributed by atoms with Crippen molar-refractivity contribution in [3.63, 3.8) is 0 Å². The number of hydrogen-bond acceptors (Lipinski definition) is 5. The maximum absolute atomic E-state index is 12.8. The van der Waals surface area contributed by atoms with Gasteiger partial charge in [0.1, 0.15) is 0 Å². The van der Waals surface area contributed by atoms with Gasteiger partial charge in [-0.1, -0.05) is 6.07 Å². The van der Waals surface area contributed by atoms with E-state index in [1.807, 2.05) is 19.1 Å². The standard InChI is InChI=1S/C18H19F3N6O/c1-11-8-15(18(19,20)21)26-27(11)7-5-14-9-16(28)25-17(24-14)23-12(2)13-4-3-6-22-10-13/h3-4,6,8-10,12H,5,7H2,1-2H3,(H2,23,24,25,28). The van der Waals surface area contributed by atoms with Crippen molar-refractivity contribution < 1.29 is 13.2 Å². The van der Waals surface area contributed by atoms with Crippen LogP contribution in [0.3, 0.4) is 0 Å². The normalized spacial score (nSPS) is 12.8. The van der Waals surface area contributed by atoms with Gasteiger partial charge in [0.15, 0.2) is 5.69 Å². The number of aryl methyl sites for hydroxylation is 3. The molecule has 0 fully saturated rings. The summed E-state index contributed by atoms with van der Waals surface area (Å²) in [5, 5.41) is 6.68. The number of alkyl halides is 3. The van der Waals surface area contributed by atoms with Gasteiger partial charge in [-0.2, -0.15) is 18.3 Å². The molecule has 0 aromatic carbocycles. The van der Waals surface area contributed by atoms with Crippen molar-refractivity contribution in [2.75, 3.05) is 5.32 Å². The van der Waals surface area contributed by atoms with Crippen LogP contribution in [-0.4, -0.2) is 24.7 Å². The first kappa shape index (κ1) is 19.6. The molecule has 0 saturated heterocycles. The van der Waals surface area contributed by atoms with E-state index in [2.05, 4.69) is 25.4 Å². The van der Waals surface area contributed by atoms with Crippen molar-refractivity contribution >= 4 is 5.95 Å². The summed E-state index contributed by atoms with van der Waals surface area (Å²) in [5.74, 6) is 0.284. The molecule has 0 aliphatic carbocycles. The van der Waals surface area contributed by atoms with E-state index in [0.29, 0.717) is 11.4 Å². The van der Waals surface area contributed by atoms with Crippen LogP contribution in [-0.2, 0) is 19.1 Å². The summed E-state index contributed by atoms with van der Waals surface area (Å²) in [6.07, 6.45) is -0.853. The fraction of sp³-hybridized carbons (Fsp3) is 0.333. The molecular formula is C18H19F3N6O. The summed E-state index contributed by atoms with van der Waals surface area (Å²) in [6.45, 7) is 3.63. The molecule has 2 N–H and O–H groups in total. The summed E-state index contributed by atoms with van der Waals surface area (Å²) in [6, 6.07) is 5.87. The van der Waals surface area contributed by atoms with Gasteiger partial charge in [0.2, 0.25) is 5.95 Å². The van der Waals surface area contributed by atoms with Crippen molar-refractivity contribution in [2.45, 2.75) is 39.0 Å². The highest BCUT2D eigenvalue weighted by Crippen LogP contribution is 2.28. The summed E-state index contributed by atoms with van der Waals surface area (Å²) in [4.78, 5) is 22.9. The number of nitrogens with one attached hydrogen (secondary N) is 2. The maximum Gasteiger partial charge on any atom is 0.435 e. The smallest absolute Gasteiger partial charge is 0.349 e. The molecule has 0 spiro atoms. The van der Waals surface area contributed by atoms with Gasteiger partial charge in [-0.15, -0.1) is 0 Å². The summed E-state index contributed by atoms with van der Waals surface area (Å²) in [5.41, 5.74) is 0.479. The molecule has 0 radical (unpaired) electrons. The number of H-pyrrole nitrogens is 1. The molecule has 0 bridgehead atoms. The lowest BCUT2D eigenvalue weighted by Crippen LogP contribution is -2.17. The van der Waals surface area contributed by atoms with E-state index in [1.54, 1.807) is 19.3 Å². The zero-order chi connectivity index (χ0) is 20.3. The maximum atomic E-state index is 12.8. The fourth-order valence-corrected chi connectivity index (χ4v) is 2.72. The van der Waals surface area contributed by atoms with Crippen molar-refractivity contribution in [1.82, 2.24) is 24.7 Å². The van der Waals surface area contributed by atoms with E-state index in [0.717, 1.165) is 11.6 Å². The predicted octanol–water partition coefficient (Wildman–Crippen LogP) is 3.10. The first-order valence-electron chi connectivity index (χ1n) is 8.61. The molecule has 0 aliphatic rings. The van der Waals surface area contributed by atoms with Crippen LogP contribution < -0.4 is 10.9 Å². The molecular weight excluding hydrogens is 373 g/mol. The van der Waals surface area contributed by atoms with Crippen LogP contribution in [0.5, 0.6) is 0 Å². The molecule has 28 heavy (non-hydrogen) atoms. The number of rotatable bonds is 6. The van der Waals surface area contributed by atoms with E-state index < -0.39 is 11.9 Å². The lowest BCUT2D eigenvalue weighted by molar-refractivity contribution is -0.141. The van der Waals surface area contributed by atoms with Crippen LogP contribution in [0.25, 0.3) is 0 Å². The highest BCUT2D eigenvalue weighted by atomic mass is 19.4. The van der Waals surface area contributed by atoms with E-state index in [4.69, 9.17) is 0 Å². The van der Waals surface area contributed by atoms with E-state index >= 15 is 0 Å².